The third-order valence-electron chi connectivity index (χ3n) is 2.73. The number of carboxylic acid groups (broad SMARTS) is 1. The molecule has 1 aliphatic rings. The van der Waals surface area contributed by atoms with Gasteiger partial charge in [0.1, 0.15) is 6.10 Å². The Balaban J connectivity index is 1.79. The quantitative estimate of drug-likeness (QED) is 0.848. The number of hydrogen-bond donors (Lipinski definition) is 1. The number of oxime groups is 1. The van der Waals surface area contributed by atoms with Gasteiger partial charge < -0.3 is 9.94 Å². The summed E-state index contributed by atoms with van der Waals surface area (Å²) in [6.45, 7) is 0. The van der Waals surface area contributed by atoms with E-state index in [9.17, 15) is 4.79 Å². The summed E-state index contributed by atoms with van der Waals surface area (Å²) in [5.41, 5.74) is 2.07. The first-order chi connectivity index (χ1) is 8.24. The molecule has 1 N–H and O–H groups in total. The Morgan fingerprint density at radius 2 is 2.18 bits per heavy atom. The number of rotatable bonds is 5. The molecule has 1 aromatic rings. The molecule has 0 spiro atoms. The van der Waals surface area contributed by atoms with Crippen LogP contribution in [0.15, 0.2) is 35.5 Å². The van der Waals surface area contributed by atoms with Crippen molar-refractivity contribution in [2.45, 2.75) is 31.8 Å². The lowest BCUT2D eigenvalue weighted by Gasteiger charge is -2.07. The fraction of sp³-hybridized carbons (Fsp3) is 0.385. The third-order valence-corrected chi connectivity index (χ3v) is 2.73. The number of carbonyl (C=O) groups is 1. The summed E-state index contributed by atoms with van der Waals surface area (Å²) in [6, 6.07) is 10.1. The molecule has 4 heteroatoms. The number of nitrogens with zero attached hydrogens (tertiary/aromatic N) is 1. The average molecular weight is 233 g/mol. The van der Waals surface area contributed by atoms with E-state index >= 15 is 0 Å². The highest BCUT2D eigenvalue weighted by Gasteiger charge is 2.21. The second-order valence-corrected chi connectivity index (χ2v) is 4.17. The molecule has 0 radical (unpaired) electrons. The van der Waals surface area contributed by atoms with Gasteiger partial charge in [0.2, 0.25) is 0 Å². The van der Waals surface area contributed by atoms with E-state index in [0.717, 1.165) is 18.6 Å². The largest absolute Gasteiger partial charge is 0.481 e. The zero-order valence-electron chi connectivity index (χ0n) is 9.50. The molecule has 1 aromatic carbocycles. The number of hydrogen-bond acceptors (Lipinski definition) is 3. The Kier molecular flexibility index (Phi) is 3.75. The highest BCUT2D eigenvalue weighted by molar-refractivity contribution is 5.88. The highest BCUT2D eigenvalue weighted by atomic mass is 16.6. The lowest BCUT2D eigenvalue weighted by molar-refractivity contribution is -0.136. The van der Waals surface area contributed by atoms with Gasteiger partial charge in [0.15, 0.2) is 0 Å². The molecule has 0 amide bonds. The van der Waals surface area contributed by atoms with E-state index in [2.05, 4.69) is 17.3 Å². The molecule has 4 nitrogen and oxygen atoms in total. The molecule has 1 unspecified atom stereocenters. The minimum atomic E-state index is -0.792. The molecule has 1 aliphatic heterocycles. The summed E-state index contributed by atoms with van der Waals surface area (Å²) in [7, 11) is 0. The molecule has 0 saturated carbocycles. The molecule has 0 aromatic heterocycles. The number of benzene rings is 1. The molecular formula is C13H15NO3. The maximum atomic E-state index is 10.4. The lowest BCUT2D eigenvalue weighted by Crippen LogP contribution is -2.11. The molecule has 90 valence electrons. The standard InChI is InChI=1S/C13H15NO3/c15-13(16)7-6-11-9-12(17-14-11)8-10-4-2-1-3-5-10/h1-5,12H,6-9H2,(H,15,16). The first-order valence-electron chi connectivity index (χ1n) is 5.71. The highest BCUT2D eigenvalue weighted by Crippen LogP contribution is 2.18. The van der Waals surface area contributed by atoms with Crippen LogP contribution >= 0.6 is 0 Å². The molecule has 2 rings (SSSR count). The molecule has 0 fully saturated rings. The van der Waals surface area contributed by atoms with Crippen molar-refractivity contribution in [3.8, 4) is 0 Å². The fourth-order valence-electron chi connectivity index (χ4n) is 1.87. The van der Waals surface area contributed by atoms with Crippen LogP contribution in [0.1, 0.15) is 24.8 Å². The summed E-state index contributed by atoms with van der Waals surface area (Å²) >= 11 is 0. The van der Waals surface area contributed by atoms with Gasteiger partial charge in [-0.05, 0) is 12.0 Å². The maximum absolute atomic E-state index is 10.4. The van der Waals surface area contributed by atoms with Crippen LogP contribution in [0.4, 0.5) is 0 Å². The third kappa shape index (κ3) is 3.59. The van der Waals surface area contributed by atoms with Gasteiger partial charge in [0.25, 0.3) is 0 Å². The topological polar surface area (TPSA) is 58.9 Å². The Hall–Kier alpha value is -1.84. The lowest BCUT2D eigenvalue weighted by atomic mass is 10.0. The summed E-state index contributed by atoms with van der Waals surface area (Å²) in [6.07, 6.45) is 2.23. The van der Waals surface area contributed by atoms with E-state index < -0.39 is 5.97 Å². The molecule has 0 bridgehead atoms. The average Bonchev–Trinajstić information content (AvgIpc) is 2.75. The van der Waals surface area contributed by atoms with Crippen LogP contribution in [0.5, 0.6) is 0 Å². The van der Waals surface area contributed by atoms with Crippen molar-refractivity contribution in [2.75, 3.05) is 0 Å². The van der Waals surface area contributed by atoms with Crippen LogP contribution in [0.2, 0.25) is 0 Å². The van der Waals surface area contributed by atoms with Gasteiger partial charge in [-0.15, -0.1) is 0 Å². The predicted octanol–water partition coefficient (Wildman–Crippen LogP) is 2.24. The van der Waals surface area contributed by atoms with Crippen LogP contribution in [-0.2, 0) is 16.1 Å². The second-order valence-electron chi connectivity index (χ2n) is 4.17. The van der Waals surface area contributed by atoms with E-state index in [1.54, 1.807) is 0 Å². The summed E-state index contributed by atoms with van der Waals surface area (Å²) in [5, 5.41) is 12.5. The van der Waals surface area contributed by atoms with E-state index in [-0.39, 0.29) is 12.5 Å². The van der Waals surface area contributed by atoms with Crippen molar-refractivity contribution in [1.29, 1.82) is 0 Å². The van der Waals surface area contributed by atoms with E-state index in [4.69, 9.17) is 9.94 Å². The number of aliphatic carboxylic acids is 1. The molecule has 17 heavy (non-hydrogen) atoms. The molecule has 1 heterocycles. The molecular weight excluding hydrogens is 218 g/mol. The summed E-state index contributed by atoms with van der Waals surface area (Å²) in [5.74, 6) is -0.792. The zero-order chi connectivity index (χ0) is 12.1. The van der Waals surface area contributed by atoms with E-state index in [1.807, 2.05) is 18.2 Å². The Labute approximate surface area is 99.9 Å². The minimum absolute atomic E-state index is 0.0567. The molecule has 1 atom stereocenters. The fourth-order valence-corrected chi connectivity index (χ4v) is 1.87. The van der Waals surface area contributed by atoms with Gasteiger partial charge in [-0.1, -0.05) is 35.5 Å². The van der Waals surface area contributed by atoms with Crippen LogP contribution in [0.25, 0.3) is 0 Å². The summed E-state index contributed by atoms with van der Waals surface area (Å²) in [4.78, 5) is 15.7. The van der Waals surface area contributed by atoms with Gasteiger partial charge in [0.05, 0.1) is 12.1 Å². The van der Waals surface area contributed by atoms with Gasteiger partial charge >= 0.3 is 5.97 Å². The van der Waals surface area contributed by atoms with Crippen LogP contribution < -0.4 is 0 Å². The van der Waals surface area contributed by atoms with Crippen molar-refractivity contribution in [3.63, 3.8) is 0 Å². The van der Waals surface area contributed by atoms with Crippen molar-refractivity contribution in [3.05, 3.63) is 35.9 Å². The minimum Gasteiger partial charge on any atom is -0.481 e. The monoisotopic (exact) mass is 233 g/mol. The SMILES string of the molecule is O=C(O)CCC1=NOC(Cc2ccccc2)C1. The molecule has 0 saturated heterocycles. The summed E-state index contributed by atoms with van der Waals surface area (Å²) < 4.78 is 0. The van der Waals surface area contributed by atoms with Crippen LogP contribution in [-0.4, -0.2) is 22.9 Å². The maximum Gasteiger partial charge on any atom is 0.303 e. The van der Waals surface area contributed by atoms with Crippen molar-refractivity contribution in [1.82, 2.24) is 0 Å². The zero-order valence-corrected chi connectivity index (χ0v) is 9.50. The number of carboxylic acids is 1. The van der Waals surface area contributed by atoms with E-state index in [0.29, 0.717) is 6.42 Å². The first-order valence-corrected chi connectivity index (χ1v) is 5.71. The van der Waals surface area contributed by atoms with Crippen molar-refractivity contribution < 1.29 is 14.7 Å². The molecule has 0 aliphatic carbocycles. The Morgan fingerprint density at radius 3 is 2.88 bits per heavy atom. The smallest absolute Gasteiger partial charge is 0.303 e. The van der Waals surface area contributed by atoms with Gasteiger partial charge in [-0.3, -0.25) is 4.79 Å². The van der Waals surface area contributed by atoms with E-state index in [1.165, 1.54) is 5.56 Å². The Morgan fingerprint density at radius 1 is 1.41 bits per heavy atom. The van der Waals surface area contributed by atoms with Crippen LogP contribution in [0, 0.1) is 0 Å². The first kappa shape index (κ1) is 11.6. The second kappa shape index (κ2) is 5.48. The predicted molar refractivity (Wildman–Crippen MR) is 63.9 cm³/mol. The Bertz CT molecular complexity index is 414. The van der Waals surface area contributed by atoms with Crippen LogP contribution in [0.3, 0.4) is 0 Å². The van der Waals surface area contributed by atoms with Gasteiger partial charge in [0, 0.05) is 12.8 Å². The van der Waals surface area contributed by atoms with Gasteiger partial charge in [-0.2, -0.15) is 0 Å². The van der Waals surface area contributed by atoms with Crippen molar-refractivity contribution in [2.24, 2.45) is 5.16 Å². The van der Waals surface area contributed by atoms with Crippen molar-refractivity contribution >= 4 is 11.7 Å². The van der Waals surface area contributed by atoms with Gasteiger partial charge in [-0.25, -0.2) is 0 Å². The normalized spacial score (nSPS) is 18.6.